The van der Waals surface area contributed by atoms with Crippen LogP contribution in [0.3, 0.4) is 0 Å². The van der Waals surface area contributed by atoms with E-state index in [0.29, 0.717) is 6.54 Å². The molecule has 0 unspecified atom stereocenters. The van der Waals surface area contributed by atoms with E-state index in [2.05, 4.69) is 29.6 Å². The molecule has 0 atom stereocenters. The van der Waals surface area contributed by atoms with Crippen molar-refractivity contribution < 1.29 is 14.7 Å². The highest BCUT2D eigenvalue weighted by Gasteiger charge is 2.14. The summed E-state index contributed by atoms with van der Waals surface area (Å²) in [6, 6.07) is 6.32. The number of carboxylic acid groups (broad SMARTS) is 1. The maximum atomic E-state index is 11.5. The van der Waals surface area contributed by atoms with Crippen LogP contribution in [0.5, 0.6) is 0 Å². The number of fused-ring (bicyclic) bond motifs is 1. The van der Waals surface area contributed by atoms with E-state index in [1.165, 1.54) is 16.7 Å². The number of aliphatic carboxylic acids is 1. The van der Waals surface area contributed by atoms with Gasteiger partial charge in [0.15, 0.2) is 0 Å². The van der Waals surface area contributed by atoms with Crippen LogP contribution in [0.1, 0.15) is 29.5 Å². The third-order valence-corrected chi connectivity index (χ3v) is 3.22. The van der Waals surface area contributed by atoms with Crippen LogP contribution < -0.4 is 5.32 Å². The van der Waals surface area contributed by atoms with Gasteiger partial charge in [0, 0.05) is 13.0 Å². The summed E-state index contributed by atoms with van der Waals surface area (Å²) >= 11 is 0. The minimum atomic E-state index is -0.948. The van der Waals surface area contributed by atoms with Gasteiger partial charge in [0.05, 0.1) is 6.42 Å². The van der Waals surface area contributed by atoms with Crippen molar-refractivity contribution >= 4 is 17.4 Å². The van der Waals surface area contributed by atoms with Gasteiger partial charge < -0.3 is 10.4 Å². The summed E-state index contributed by atoms with van der Waals surface area (Å²) in [6.07, 6.45) is 2.92. The number of amides is 1. The molecule has 0 saturated heterocycles. The van der Waals surface area contributed by atoms with Crippen LogP contribution in [0.15, 0.2) is 24.3 Å². The summed E-state index contributed by atoms with van der Waals surface area (Å²) in [6.45, 7) is 2.51. The van der Waals surface area contributed by atoms with Gasteiger partial charge in [-0.15, -0.1) is 0 Å². The van der Waals surface area contributed by atoms with Crippen molar-refractivity contribution in [1.82, 2.24) is 5.32 Å². The molecular weight excluding hydrogens is 242 g/mol. The Morgan fingerprint density at radius 3 is 2.84 bits per heavy atom. The molecule has 4 heteroatoms. The predicted octanol–water partition coefficient (Wildman–Crippen LogP) is 1.92. The number of hydrogen-bond acceptors (Lipinski definition) is 2. The second-order valence-corrected chi connectivity index (χ2v) is 4.76. The van der Waals surface area contributed by atoms with Crippen molar-refractivity contribution in [1.29, 1.82) is 0 Å². The van der Waals surface area contributed by atoms with E-state index in [0.717, 1.165) is 12.0 Å². The number of benzene rings is 1. The van der Waals surface area contributed by atoms with Crippen molar-refractivity contribution in [3.05, 3.63) is 41.0 Å². The van der Waals surface area contributed by atoms with Crippen molar-refractivity contribution in [2.45, 2.75) is 26.2 Å². The van der Waals surface area contributed by atoms with Gasteiger partial charge in [-0.05, 0) is 30.0 Å². The molecule has 0 heterocycles. The molecule has 1 aromatic carbocycles. The fraction of sp³-hybridized carbons (Fsp3) is 0.333. The van der Waals surface area contributed by atoms with Gasteiger partial charge in [-0.1, -0.05) is 29.8 Å². The smallest absolute Gasteiger partial charge is 0.303 e. The third-order valence-electron chi connectivity index (χ3n) is 3.22. The first kappa shape index (κ1) is 13.3. The van der Waals surface area contributed by atoms with Crippen LogP contribution in [-0.4, -0.2) is 23.5 Å². The van der Waals surface area contributed by atoms with Crippen LogP contribution in [0.4, 0.5) is 0 Å². The van der Waals surface area contributed by atoms with Crippen LogP contribution in [0, 0.1) is 6.92 Å². The van der Waals surface area contributed by atoms with Gasteiger partial charge in [0.1, 0.15) is 0 Å². The van der Waals surface area contributed by atoms with Crippen molar-refractivity contribution in [2.75, 3.05) is 6.54 Å². The topological polar surface area (TPSA) is 66.4 Å². The van der Waals surface area contributed by atoms with Crippen molar-refractivity contribution in [3.63, 3.8) is 0 Å². The molecule has 0 fully saturated rings. The molecule has 1 aliphatic rings. The second kappa shape index (κ2) is 5.69. The summed E-state index contributed by atoms with van der Waals surface area (Å²) in [5.74, 6) is -1.17. The first-order valence-corrected chi connectivity index (χ1v) is 6.33. The molecule has 1 aromatic rings. The highest BCUT2D eigenvalue weighted by atomic mass is 16.4. The number of carbonyl (C=O) groups excluding carboxylic acids is 1. The maximum Gasteiger partial charge on any atom is 0.303 e. The maximum absolute atomic E-state index is 11.5. The van der Waals surface area contributed by atoms with Gasteiger partial charge >= 0.3 is 5.97 Å². The van der Waals surface area contributed by atoms with E-state index in [1.807, 2.05) is 6.92 Å². The Hall–Kier alpha value is -2.10. The normalized spacial score (nSPS) is 12.8. The fourth-order valence-corrected chi connectivity index (χ4v) is 2.18. The Morgan fingerprint density at radius 2 is 2.11 bits per heavy atom. The van der Waals surface area contributed by atoms with Gasteiger partial charge in [-0.3, -0.25) is 9.59 Å². The minimum Gasteiger partial charge on any atom is -0.481 e. The molecule has 2 N–H and O–H groups in total. The zero-order chi connectivity index (χ0) is 13.8. The van der Waals surface area contributed by atoms with E-state index < -0.39 is 5.97 Å². The molecule has 0 bridgehead atoms. The van der Waals surface area contributed by atoms with Crippen LogP contribution >= 0.6 is 0 Å². The number of carboxylic acids is 1. The lowest BCUT2D eigenvalue weighted by Gasteiger charge is -2.08. The molecule has 0 spiro atoms. The molecule has 4 nitrogen and oxygen atoms in total. The third kappa shape index (κ3) is 3.44. The molecule has 1 amide bonds. The average molecular weight is 259 g/mol. The lowest BCUT2D eigenvalue weighted by molar-refractivity contribution is -0.138. The Balaban J connectivity index is 1.91. The summed E-state index contributed by atoms with van der Waals surface area (Å²) < 4.78 is 0. The van der Waals surface area contributed by atoms with Crippen LogP contribution in [0.2, 0.25) is 0 Å². The summed E-state index contributed by atoms with van der Waals surface area (Å²) in [5.41, 5.74) is 4.78. The molecule has 0 radical (unpaired) electrons. The highest BCUT2D eigenvalue weighted by molar-refractivity contribution is 5.83. The Labute approximate surface area is 112 Å². The number of nitrogens with one attached hydrogen (secondary N) is 1. The zero-order valence-electron chi connectivity index (χ0n) is 10.9. The Bertz CT molecular complexity index is 546. The highest BCUT2D eigenvalue weighted by Crippen LogP contribution is 2.27. The van der Waals surface area contributed by atoms with Gasteiger partial charge in [-0.2, -0.15) is 0 Å². The van der Waals surface area contributed by atoms with Gasteiger partial charge in [0.2, 0.25) is 5.91 Å². The lowest BCUT2D eigenvalue weighted by atomic mass is 10.0. The largest absolute Gasteiger partial charge is 0.481 e. The molecule has 0 aliphatic heterocycles. The van der Waals surface area contributed by atoms with Crippen molar-refractivity contribution in [2.24, 2.45) is 0 Å². The van der Waals surface area contributed by atoms with E-state index in [9.17, 15) is 9.59 Å². The Kier molecular flexibility index (Phi) is 4.00. The standard InChI is InChI=1S/C15H17NO3/c1-10-2-3-11-4-5-12(13(11)8-10)9-16-14(17)6-7-15(18)19/h2-3,5,8H,4,6-7,9H2,1H3,(H,16,17)(H,18,19). The van der Waals surface area contributed by atoms with E-state index in [-0.39, 0.29) is 18.7 Å². The lowest BCUT2D eigenvalue weighted by Crippen LogP contribution is -2.25. The SMILES string of the molecule is Cc1ccc2c(c1)C(CNC(=O)CCC(=O)O)=CC2. The van der Waals surface area contributed by atoms with Crippen molar-refractivity contribution in [3.8, 4) is 0 Å². The zero-order valence-corrected chi connectivity index (χ0v) is 10.9. The molecule has 2 rings (SSSR count). The van der Waals surface area contributed by atoms with Crippen LogP contribution in [-0.2, 0) is 16.0 Å². The molecule has 19 heavy (non-hydrogen) atoms. The molecular formula is C15H17NO3. The van der Waals surface area contributed by atoms with E-state index in [4.69, 9.17) is 5.11 Å². The monoisotopic (exact) mass is 259 g/mol. The first-order valence-electron chi connectivity index (χ1n) is 6.33. The molecule has 0 saturated carbocycles. The van der Waals surface area contributed by atoms with E-state index in [1.54, 1.807) is 0 Å². The molecule has 0 aromatic heterocycles. The number of carbonyl (C=O) groups is 2. The second-order valence-electron chi connectivity index (χ2n) is 4.76. The quantitative estimate of drug-likeness (QED) is 0.849. The summed E-state index contributed by atoms with van der Waals surface area (Å²) in [7, 11) is 0. The van der Waals surface area contributed by atoms with Crippen LogP contribution in [0.25, 0.3) is 5.57 Å². The first-order chi connectivity index (χ1) is 9.06. The van der Waals surface area contributed by atoms with Gasteiger partial charge in [0.25, 0.3) is 0 Å². The predicted molar refractivity (Wildman–Crippen MR) is 72.7 cm³/mol. The number of allylic oxidation sites excluding steroid dienone is 1. The molecule has 100 valence electrons. The fourth-order valence-electron chi connectivity index (χ4n) is 2.18. The van der Waals surface area contributed by atoms with E-state index >= 15 is 0 Å². The van der Waals surface area contributed by atoms with Gasteiger partial charge in [-0.25, -0.2) is 0 Å². The summed E-state index contributed by atoms with van der Waals surface area (Å²) in [5, 5.41) is 11.3. The molecule has 1 aliphatic carbocycles. The Morgan fingerprint density at radius 1 is 1.32 bits per heavy atom. The number of hydrogen-bond donors (Lipinski definition) is 2. The number of aryl methyl sites for hydroxylation is 1. The minimum absolute atomic E-state index is 0.0310. The number of rotatable bonds is 5. The summed E-state index contributed by atoms with van der Waals surface area (Å²) in [4.78, 5) is 21.9. The average Bonchev–Trinajstić information content (AvgIpc) is 2.76.